The van der Waals surface area contributed by atoms with E-state index in [9.17, 15) is 4.79 Å². The monoisotopic (exact) mass is 289 g/mol. The lowest BCUT2D eigenvalue weighted by molar-refractivity contribution is 0.0971. The van der Waals surface area contributed by atoms with Gasteiger partial charge in [0.1, 0.15) is 0 Å². The van der Waals surface area contributed by atoms with Crippen LogP contribution in [0, 0.1) is 6.92 Å². The largest absolute Gasteiger partial charge is 0.435 e. The van der Waals surface area contributed by atoms with E-state index in [-0.39, 0.29) is 18.2 Å². The molecule has 1 aromatic heterocycles. The van der Waals surface area contributed by atoms with Crippen molar-refractivity contribution >= 4 is 35.1 Å². The number of rotatable bonds is 4. The predicted molar refractivity (Wildman–Crippen MR) is 74.7 cm³/mol. The third-order valence-corrected chi connectivity index (χ3v) is 3.74. The summed E-state index contributed by atoms with van der Waals surface area (Å²) < 4.78 is 5.33. The maximum atomic E-state index is 11.0. The van der Waals surface area contributed by atoms with Crippen molar-refractivity contribution in [3.8, 4) is 0 Å². The number of carbonyl (C=O) groups excluding carboxylic acids is 1. The zero-order chi connectivity index (χ0) is 12.4. The number of aromatic nitrogens is 1. The Bertz CT molecular complexity index is 473. The van der Waals surface area contributed by atoms with Gasteiger partial charge in [-0.15, -0.1) is 24.2 Å². The normalized spacial score (nSPS) is 18.3. The molecule has 2 N–H and O–H groups in total. The van der Waals surface area contributed by atoms with Gasteiger partial charge >= 0.3 is 0 Å². The molecule has 1 aliphatic heterocycles. The van der Waals surface area contributed by atoms with Gasteiger partial charge in [0.2, 0.25) is 11.7 Å². The van der Waals surface area contributed by atoms with Crippen LogP contribution in [0.5, 0.6) is 0 Å². The molecule has 0 fully saturated rings. The number of nitrogens with two attached hydrogens (primary N) is 1. The van der Waals surface area contributed by atoms with Gasteiger partial charge in [0, 0.05) is 5.75 Å². The maximum Gasteiger partial charge on any atom is 0.286 e. The second-order valence-electron chi connectivity index (χ2n) is 3.96. The van der Waals surface area contributed by atoms with Gasteiger partial charge in [0.05, 0.1) is 23.2 Å². The van der Waals surface area contributed by atoms with E-state index >= 15 is 0 Å². The van der Waals surface area contributed by atoms with Gasteiger partial charge in [-0.1, -0.05) is 6.92 Å². The molecule has 0 aromatic carbocycles. The van der Waals surface area contributed by atoms with E-state index in [4.69, 9.17) is 10.2 Å². The summed E-state index contributed by atoms with van der Waals surface area (Å²) in [4.78, 5) is 19.8. The molecule has 0 saturated carbocycles. The first-order chi connectivity index (χ1) is 8.10. The van der Waals surface area contributed by atoms with Crippen molar-refractivity contribution in [2.75, 3.05) is 5.75 Å². The highest BCUT2D eigenvalue weighted by Gasteiger charge is 2.20. The molecule has 5 nitrogen and oxygen atoms in total. The summed E-state index contributed by atoms with van der Waals surface area (Å²) in [5, 5.41) is 1.02. The Hall–Kier alpha value is -1.01. The van der Waals surface area contributed by atoms with Crippen LogP contribution in [0.2, 0.25) is 0 Å². The van der Waals surface area contributed by atoms with Crippen LogP contribution in [0.4, 0.5) is 0 Å². The minimum absolute atomic E-state index is 0. The van der Waals surface area contributed by atoms with Crippen molar-refractivity contribution in [3.05, 3.63) is 17.3 Å². The average molecular weight is 290 g/mol. The number of nitrogens with zero attached hydrogens (tertiary/aromatic N) is 2. The van der Waals surface area contributed by atoms with Crippen molar-refractivity contribution in [2.24, 2.45) is 10.7 Å². The van der Waals surface area contributed by atoms with E-state index in [2.05, 4.69) is 16.9 Å². The molecule has 100 valence electrons. The molecule has 7 heteroatoms. The van der Waals surface area contributed by atoms with Gasteiger partial charge in [0.25, 0.3) is 5.91 Å². The smallest absolute Gasteiger partial charge is 0.286 e. The zero-order valence-electron chi connectivity index (χ0n) is 10.3. The Morgan fingerprint density at radius 3 is 2.83 bits per heavy atom. The lowest BCUT2D eigenvalue weighted by Gasteiger charge is -1.96. The molecule has 0 bridgehead atoms. The van der Waals surface area contributed by atoms with E-state index in [1.165, 1.54) is 0 Å². The van der Waals surface area contributed by atoms with Gasteiger partial charge in [-0.25, -0.2) is 4.98 Å². The standard InChI is InChI=1S/C11H15N3O2S.ClH/c1-3-7-5-17-9(14-7)4-8-13-6(2)10(16-8)11(12)15;/h7H,3-5H2,1-2H3,(H2,12,15);1H. The third kappa shape index (κ3) is 3.26. The molecule has 1 aromatic rings. The number of thioether (sulfide) groups is 1. The Balaban J connectivity index is 0.00000162. The van der Waals surface area contributed by atoms with Crippen LogP contribution in [0.3, 0.4) is 0 Å². The molecular formula is C11H16ClN3O2S. The molecule has 1 amide bonds. The Morgan fingerprint density at radius 1 is 1.61 bits per heavy atom. The van der Waals surface area contributed by atoms with Crippen LogP contribution < -0.4 is 5.73 Å². The number of primary amides is 1. The van der Waals surface area contributed by atoms with Crippen molar-refractivity contribution in [1.29, 1.82) is 0 Å². The van der Waals surface area contributed by atoms with E-state index in [1.54, 1.807) is 18.7 Å². The SMILES string of the molecule is CCC1CSC(Cc2nc(C)c(C(N)=O)o2)=N1.Cl. The number of aryl methyl sites for hydroxylation is 1. The van der Waals surface area contributed by atoms with E-state index in [1.807, 2.05) is 0 Å². The first-order valence-electron chi connectivity index (χ1n) is 5.55. The van der Waals surface area contributed by atoms with Crippen LogP contribution in [-0.4, -0.2) is 27.7 Å². The fourth-order valence-electron chi connectivity index (χ4n) is 1.66. The summed E-state index contributed by atoms with van der Waals surface area (Å²) in [7, 11) is 0. The van der Waals surface area contributed by atoms with Crippen LogP contribution in [0.25, 0.3) is 0 Å². The second-order valence-corrected chi connectivity index (χ2v) is 5.05. The number of aliphatic imine (C=N–C) groups is 1. The zero-order valence-corrected chi connectivity index (χ0v) is 11.9. The molecule has 0 aliphatic carbocycles. The van der Waals surface area contributed by atoms with Gasteiger partial charge in [-0.3, -0.25) is 9.79 Å². The minimum atomic E-state index is -0.575. The van der Waals surface area contributed by atoms with Gasteiger partial charge in [-0.05, 0) is 13.3 Å². The highest BCUT2D eigenvalue weighted by molar-refractivity contribution is 8.14. The molecule has 0 saturated heterocycles. The summed E-state index contributed by atoms with van der Waals surface area (Å²) in [6.07, 6.45) is 1.60. The van der Waals surface area contributed by atoms with Crippen LogP contribution >= 0.6 is 24.2 Å². The molecule has 18 heavy (non-hydrogen) atoms. The van der Waals surface area contributed by atoms with E-state index in [0.29, 0.717) is 24.0 Å². The number of carbonyl (C=O) groups is 1. The van der Waals surface area contributed by atoms with Gasteiger partial charge < -0.3 is 10.2 Å². The highest BCUT2D eigenvalue weighted by Crippen LogP contribution is 2.23. The van der Waals surface area contributed by atoms with Crippen LogP contribution in [-0.2, 0) is 6.42 Å². The summed E-state index contributed by atoms with van der Waals surface area (Å²) in [6.45, 7) is 3.84. The van der Waals surface area contributed by atoms with E-state index < -0.39 is 5.91 Å². The molecule has 2 rings (SSSR count). The lowest BCUT2D eigenvalue weighted by Crippen LogP contribution is -2.11. The minimum Gasteiger partial charge on any atom is -0.435 e. The molecule has 0 spiro atoms. The van der Waals surface area contributed by atoms with Gasteiger partial charge in [0.15, 0.2) is 0 Å². The highest BCUT2D eigenvalue weighted by atomic mass is 35.5. The van der Waals surface area contributed by atoms with Gasteiger partial charge in [-0.2, -0.15) is 0 Å². The van der Waals surface area contributed by atoms with E-state index in [0.717, 1.165) is 17.2 Å². The van der Waals surface area contributed by atoms with Crippen molar-refractivity contribution < 1.29 is 9.21 Å². The molecule has 1 atom stereocenters. The molecule has 1 unspecified atom stereocenters. The predicted octanol–water partition coefficient (Wildman–Crippen LogP) is 1.97. The maximum absolute atomic E-state index is 11.0. The number of oxazole rings is 1. The molecular weight excluding hydrogens is 274 g/mol. The summed E-state index contributed by atoms with van der Waals surface area (Å²) in [5.41, 5.74) is 5.72. The quantitative estimate of drug-likeness (QED) is 0.919. The van der Waals surface area contributed by atoms with Crippen molar-refractivity contribution in [1.82, 2.24) is 4.98 Å². The van der Waals surface area contributed by atoms with Crippen LogP contribution in [0.15, 0.2) is 9.41 Å². The summed E-state index contributed by atoms with van der Waals surface area (Å²) in [5.74, 6) is 1.11. The van der Waals surface area contributed by atoms with Crippen molar-refractivity contribution in [2.45, 2.75) is 32.7 Å². The number of hydrogen-bond donors (Lipinski definition) is 1. The molecule has 1 aliphatic rings. The Morgan fingerprint density at radius 2 is 2.33 bits per heavy atom. The summed E-state index contributed by atoms with van der Waals surface area (Å²) in [6, 6.07) is 0.404. The fraction of sp³-hybridized carbons (Fsp3) is 0.545. The Kier molecular flexibility index (Phi) is 5.22. The number of amides is 1. The average Bonchev–Trinajstić information content (AvgIpc) is 2.85. The lowest BCUT2D eigenvalue weighted by atomic mass is 10.3. The Labute approximate surface area is 116 Å². The van der Waals surface area contributed by atoms with Crippen molar-refractivity contribution in [3.63, 3.8) is 0 Å². The fourth-order valence-corrected chi connectivity index (χ4v) is 2.81. The number of halogens is 1. The first-order valence-corrected chi connectivity index (χ1v) is 6.54. The molecule has 0 radical (unpaired) electrons. The number of hydrogen-bond acceptors (Lipinski definition) is 5. The third-order valence-electron chi connectivity index (χ3n) is 2.61. The topological polar surface area (TPSA) is 81.5 Å². The molecule has 2 heterocycles. The van der Waals surface area contributed by atoms with Crippen LogP contribution in [0.1, 0.15) is 35.5 Å². The first kappa shape index (κ1) is 15.0. The summed E-state index contributed by atoms with van der Waals surface area (Å²) >= 11 is 1.73. The second kappa shape index (κ2) is 6.24.